The van der Waals surface area contributed by atoms with Crippen LogP contribution in [0.3, 0.4) is 0 Å². The molecule has 35 heavy (non-hydrogen) atoms. The molecule has 0 radical (unpaired) electrons. The van der Waals surface area contributed by atoms with Crippen LogP contribution in [0.1, 0.15) is 51.9 Å². The molecule has 6 rings (SSSR count). The zero-order valence-electron chi connectivity index (χ0n) is 20.1. The predicted molar refractivity (Wildman–Crippen MR) is 129 cm³/mol. The van der Waals surface area contributed by atoms with Crippen molar-refractivity contribution in [3.8, 4) is 5.75 Å². The van der Waals surface area contributed by atoms with Crippen LogP contribution in [0.15, 0.2) is 36.4 Å². The van der Waals surface area contributed by atoms with Crippen LogP contribution in [0.2, 0.25) is 0 Å². The molecule has 2 saturated carbocycles. The van der Waals surface area contributed by atoms with Gasteiger partial charge in [0.1, 0.15) is 17.4 Å². The number of fused-ring (bicyclic) bond motifs is 1. The fourth-order valence-electron chi connectivity index (χ4n) is 6.51. The van der Waals surface area contributed by atoms with Crippen LogP contribution in [0, 0.1) is 11.8 Å². The van der Waals surface area contributed by atoms with Gasteiger partial charge in [-0.05, 0) is 56.9 Å². The molecule has 1 aromatic rings. The van der Waals surface area contributed by atoms with Crippen LogP contribution in [0.4, 0.5) is 5.69 Å². The van der Waals surface area contributed by atoms with E-state index in [1.54, 1.807) is 29.2 Å². The van der Waals surface area contributed by atoms with Crippen molar-refractivity contribution in [2.24, 2.45) is 11.8 Å². The van der Waals surface area contributed by atoms with Gasteiger partial charge >= 0.3 is 0 Å². The average molecular weight is 480 g/mol. The Morgan fingerprint density at radius 3 is 2.51 bits per heavy atom. The van der Waals surface area contributed by atoms with E-state index in [0.717, 1.165) is 44.3 Å². The first-order chi connectivity index (χ1) is 17.0. The molecule has 3 heterocycles. The highest BCUT2D eigenvalue weighted by Gasteiger charge is 2.74. The maximum absolute atomic E-state index is 13.8. The molecule has 186 valence electrons. The van der Waals surface area contributed by atoms with E-state index in [1.807, 2.05) is 19.1 Å². The molecule has 0 unspecified atom stereocenters. The monoisotopic (exact) mass is 479 g/mol. The summed E-state index contributed by atoms with van der Waals surface area (Å²) in [4.78, 5) is 42.6. The van der Waals surface area contributed by atoms with Crippen LogP contribution in [0.5, 0.6) is 5.75 Å². The van der Waals surface area contributed by atoms with Gasteiger partial charge in [0, 0.05) is 17.8 Å². The standard InChI is InChI=1S/C27H33N3O5/c1-2-34-19-12-8-17(9-13-19)28-24(31)21-20-14-15-27(35-20)22(21)26(33)30(18-10-11-18)23(27)25(32)29-16-6-4-3-5-7-16/h8-9,12-16,18,20-23H,2-7,10-11H2,1H3,(H,28,31)(H,29,32)/t20-,21+,22-,23+,27-/m0/s1. The van der Waals surface area contributed by atoms with E-state index in [-0.39, 0.29) is 29.8 Å². The number of anilines is 1. The molecule has 2 bridgehead atoms. The van der Waals surface area contributed by atoms with Crippen LogP contribution in [-0.2, 0) is 19.1 Å². The van der Waals surface area contributed by atoms with Gasteiger partial charge in [-0.25, -0.2) is 0 Å². The van der Waals surface area contributed by atoms with Gasteiger partial charge in [0.2, 0.25) is 17.7 Å². The normalized spacial score (nSPS) is 33.6. The second kappa shape index (κ2) is 8.66. The number of carbonyl (C=O) groups is 3. The zero-order chi connectivity index (χ0) is 24.2. The fraction of sp³-hybridized carbons (Fsp3) is 0.593. The first-order valence-electron chi connectivity index (χ1n) is 13.1. The Bertz CT molecular complexity index is 1050. The van der Waals surface area contributed by atoms with Crippen LogP contribution >= 0.6 is 0 Å². The molecule has 0 aromatic heterocycles. The SMILES string of the molecule is CCOc1ccc(NC(=O)[C@@H]2[C@@H]3C=C[C@]4(O3)[C@@H]2C(=O)N(C2CC2)[C@@H]4C(=O)NC2CCCCC2)cc1. The molecule has 2 saturated heterocycles. The molecular formula is C27H33N3O5. The summed E-state index contributed by atoms with van der Waals surface area (Å²) in [5.74, 6) is -1.16. The third kappa shape index (κ3) is 3.73. The smallest absolute Gasteiger partial charge is 0.246 e. The number of carbonyl (C=O) groups excluding carboxylic acids is 3. The molecule has 8 nitrogen and oxygen atoms in total. The maximum Gasteiger partial charge on any atom is 0.246 e. The van der Waals surface area contributed by atoms with Gasteiger partial charge in [0.25, 0.3) is 0 Å². The lowest BCUT2D eigenvalue weighted by atomic mass is 9.74. The summed E-state index contributed by atoms with van der Waals surface area (Å²) in [5, 5.41) is 6.18. The highest BCUT2D eigenvalue weighted by atomic mass is 16.5. The number of amides is 3. The Kier molecular flexibility index (Phi) is 5.59. The third-order valence-electron chi connectivity index (χ3n) is 8.19. The number of ether oxygens (including phenoxy) is 2. The van der Waals surface area contributed by atoms with Gasteiger partial charge in [-0.15, -0.1) is 0 Å². The molecule has 3 amide bonds. The largest absolute Gasteiger partial charge is 0.494 e. The quantitative estimate of drug-likeness (QED) is 0.587. The molecule has 2 N–H and O–H groups in total. The van der Waals surface area contributed by atoms with Gasteiger partial charge in [0.05, 0.1) is 24.5 Å². The molecule has 8 heteroatoms. The van der Waals surface area contributed by atoms with E-state index >= 15 is 0 Å². The highest BCUT2D eigenvalue weighted by molar-refractivity contribution is 6.03. The van der Waals surface area contributed by atoms with E-state index in [1.165, 1.54) is 6.42 Å². The third-order valence-corrected chi connectivity index (χ3v) is 8.19. The molecule has 2 aliphatic carbocycles. The van der Waals surface area contributed by atoms with Crippen molar-refractivity contribution in [3.05, 3.63) is 36.4 Å². The summed E-state index contributed by atoms with van der Waals surface area (Å²) < 4.78 is 11.9. The minimum absolute atomic E-state index is 0.0513. The minimum Gasteiger partial charge on any atom is -0.494 e. The lowest BCUT2D eigenvalue weighted by Gasteiger charge is -2.34. The van der Waals surface area contributed by atoms with Crippen LogP contribution in [-0.4, -0.2) is 59.1 Å². The summed E-state index contributed by atoms with van der Waals surface area (Å²) >= 11 is 0. The van der Waals surface area contributed by atoms with Crippen molar-refractivity contribution >= 4 is 23.4 Å². The second-order valence-corrected chi connectivity index (χ2v) is 10.5. The first-order valence-corrected chi connectivity index (χ1v) is 13.1. The van der Waals surface area contributed by atoms with Crippen molar-refractivity contribution < 1.29 is 23.9 Å². The molecule has 1 aromatic carbocycles. The minimum atomic E-state index is -1.08. The molecule has 1 spiro atoms. The van der Waals surface area contributed by atoms with E-state index in [4.69, 9.17) is 9.47 Å². The Balaban J connectivity index is 1.25. The summed E-state index contributed by atoms with van der Waals surface area (Å²) in [6, 6.07) is 6.66. The Labute approximate surface area is 205 Å². The average Bonchev–Trinajstić information content (AvgIpc) is 3.45. The van der Waals surface area contributed by atoms with Crippen molar-refractivity contribution in [1.82, 2.24) is 10.2 Å². The Hall–Kier alpha value is -2.87. The van der Waals surface area contributed by atoms with Crippen molar-refractivity contribution in [3.63, 3.8) is 0 Å². The van der Waals surface area contributed by atoms with E-state index in [9.17, 15) is 14.4 Å². The zero-order valence-corrected chi connectivity index (χ0v) is 20.1. The van der Waals surface area contributed by atoms with Gasteiger partial charge in [-0.2, -0.15) is 0 Å². The molecular weight excluding hydrogens is 446 g/mol. The number of hydrogen-bond donors (Lipinski definition) is 2. The number of nitrogens with one attached hydrogen (secondary N) is 2. The fourth-order valence-corrected chi connectivity index (χ4v) is 6.51. The first kappa shape index (κ1) is 22.6. The van der Waals surface area contributed by atoms with Gasteiger partial charge < -0.3 is 25.0 Å². The Morgan fingerprint density at radius 1 is 1.09 bits per heavy atom. The molecule has 5 atom stereocenters. The van der Waals surface area contributed by atoms with Crippen molar-refractivity contribution in [2.45, 2.75) is 81.7 Å². The summed E-state index contributed by atoms with van der Waals surface area (Å²) in [7, 11) is 0. The van der Waals surface area contributed by atoms with Gasteiger partial charge in [0.15, 0.2) is 0 Å². The topological polar surface area (TPSA) is 97.0 Å². The number of likely N-dealkylation sites (tertiary alicyclic amines) is 1. The molecule has 4 fully saturated rings. The van der Waals surface area contributed by atoms with E-state index in [0.29, 0.717) is 12.3 Å². The van der Waals surface area contributed by atoms with Crippen molar-refractivity contribution in [2.75, 3.05) is 11.9 Å². The lowest BCUT2D eigenvalue weighted by molar-refractivity contribution is -0.142. The summed E-state index contributed by atoms with van der Waals surface area (Å²) in [5.41, 5.74) is -0.445. The summed E-state index contributed by atoms with van der Waals surface area (Å²) in [6.45, 7) is 2.48. The second-order valence-electron chi connectivity index (χ2n) is 10.5. The number of benzene rings is 1. The Morgan fingerprint density at radius 2 is 1.83 bits per heavy atom. The number of rotatable bonds is 7. The molecule has 5 aliphatic rings. The van der Waals surface area contributed by atoms with Gasteiger partial charge in [-0.1, -0.05) is 31.4 Å². The maximum atomic E-state index is 13.8. The number of hydrogen-bond acceptors (Lipinski definition) is 5. The van der Waals surface area contributed by atoms with Gasteiger partial charge in [-0.3, -0.25) is 14.4 Å². The van der Waals surface area contributed by atoms with Crippen molar-refractivity contribution in [1.29, 1.82) is 0 Å². The van der Waals surface area contributed by atoms with Crippen LogP contribution in [0.25, 0.3) is 0 Å². The number of nitrogens with zero attached hydrogens (tertiary/aromatic N) is 1. The van der Waals surface area contributed by atoms with Crippen LogP contribution < -0.4 is 15.4 Å². The predicted octanol–water partition coefficient (Wildman–Crippen LogP) is 2.79. The van der Waals surface area contributed by atoms with E-state index in [2.05, 4.69) is 10.6 Å². The van der Waals surface area contributed by atoms with E-state index < -0.39 is 29.6 Å². The lowest BCUT2D eigenvalue weighted by Crippen LogP contribution is -2.57. The molecule has 3 aliphatic heterocycles. The summed E-state index contributed by atoms with van der Waals surface area (Å²) in [6.07, 6.45) is 10.4. The highest BCUT2D eigenvalue weighted by Crippen LogP contribution is 2.57.